The Morgan fingerprint density at radius 1 is 1.03 bits per heavy atom. The van der Waals surface area contributed by atoms with Crippen molar-refractivity contribution in [2.45, 2.75) is 38.6 Å². The molecule has 2 fully saturated rings. The van der Waals surface area contributed by atoms with E-state index in [1.807, 2.05) is 36.4 Å². The Bertz CT molecular complexity index is 1190. The summed E-state index contributed by atoms with van der Waals surface area (Å²) in [6, 6.07) is 16.3. The number of carbonyl (C=O) groups is 2. The molecule has 2 heterocycles. The maximum Gasteiger partial charge on any atom is 0.323 e. The number of aromatic nitrogens is 2. The summed E-state index contributed by atoms with van der Waals surface area (Å²) in [7, 11) is 1.24. The van der Waals surface area contributed by atoms with Gasteiger partial charge >= 0.3 is 11.9 Å². The van der Waals surface area contributed by atoms with Crippen molar-refractivity contribution < 1.29 is 24.0 Å². The molecule has 1 saturated heterocycles. The zero-order valence-corrected chi connectivity index (χ0v) is 19.8. The molecular weight excluding hydrogens is 446 g/mol. The van der Waals surface area contributed by atoms with Crippen molar-refractivity contribution in [2.75, 3.05) is 20.2 Å². The average molecular weight is 476 g/mol. The van der Waals surface area contributed by atoms with E-state index in [0.29, 0.717) is 31.3 Å². The van der Waals surface area contributed by atoms with Crippen LogP contribution in [0.4, 0.5) is 0 Å². The van der Waals surface area contributed by atoms with E-state index in [0.717, 1.165) is 29.0 Å². The summed E-state index contributed by atoms with van der Waals surface area (Å²) in [6.07, 6.45) is 4.30. The van der Waals surface area contributed by atoms with Crippen LogP contribution in [0.15, 0.2) is 53.1 Å². The molecule has 0 radical (unpaired) electrons. The Morgan fingerprint density at radius 2 is 1.66 bits per heavy atom. The summed E-state index contributed by atoms with van der Waals surface area (Å²) in [4.78, 5) is 30.5. The van der Waals surface area contributed by atoms with Gasteiger partial charge in [0, 0.05) is 30.8 Å². The molecule has 2 aliphatic rings. The van der Waals surface area contributed by atoms with E-state index in [2.05, 4.69) is 27.2 Å². The van der Waals surface area contributed by atoms with Gasteiger partial charge in [-0.15, -0.1) is 0 Å². The van der Waals surface area contributed by atoms with Crippen LogP contribution in [0.5, 0.6) is 0 Å². The first-order valence-electron chi connectivity index (χ1n) is 12.0. The van der Waals surface area contributed by atoms with Crippen LogP contribution in [-0.2, 0) is 27.3 Å². The minimum Gasteiger partial charge on any atom is -0.480 e. The van der Waals surface area contributed by atoms with Crippen LogP contribution < -0.4 is 0 Å². The zero-order valence-electron chi connectivity index (χ0n) is 19.8. The van der Waals surface area contributed by atoms with Crippen LogP contribution in [-0.4, -0.2) is 52.3 Å². The highest BCUT2D eigenvalue weighted by atomic mass is 16.5. The molecule has 182 valence electrons. The predicted molar refractivity (Wildman–Crippen MR) is 128 cm³/mol. The van der Waals surface area contributed by atoms with Gasteiger partial charge < -0.3 is 14.4 Å². The van der Waals surface area contributed by atoms with Crippen molar-refractivity contribution >= 4 is 11.9 Å². The van der Waals surface area contributed by atoms with Crippen LogP contribution in [0.25, 0.3) is 22.8 Å². The quantitative estimate of drug-likeness (QED) is 0.382. The molecule has 0 atom stereocenters. The number of carboxylic acid groups (broad SMARTS) is 1. The first kappa shape index (κ1) is 23.2. The number of likely N-dealkylation sites (tertiary alicyclic amines) is 1. The molecule has 1 aromatic heterocycles. The predicted octanol–water partition coefficient (Wildman–Crippen LogP) is 4.20. The number of rotatable bonds is 8. The van der Waals surface area contributed by atoms with Gasteiger partial charge in [-0.05, 0) is 61.3 Å². The van der Waals surface area contributed by atoms with Crippen LogP contribution in [0.3, 0.4) is 0 Å². The second-order valence-corrected chi connectivity index (χ2v) is 9.62. The number of methoxy groups -OCH3 is 1. The Balaban J connectivity index is 1.19. The SMILES string of the molecule is COC(=O)C1(C(=O)O)CCN(Cc2ccc(-c3noc(-c4ccc(CC5CC5)cc4)n3)cc2)CC1. The first-order chi connectivity index (χ1) is 17.0. The number of esters is 1. The summed E-state index contributed by atoms with van der Waals surface area (Å²) in [5.74, 6) is 0.121. The van der Waals surface area contributed by atoms with Crippen molar-refractivity contribution in [3.63, 3.8) is 0 Å². The van der Waals surface area contributed by atoms with Gasteiger partial charge in [0.05, 0.1) is 7.11 Å². The smallest absolute Gasteiger partial charge is 0.323 e. The van der Waals surface area contributed by atoms with Gasteiger partial charge in [-0.2, -0.15) is 4.98 Å². The van der Waals surface area contributed by atoms with Crippen LogP contribution >= 0.6 is 0 Å². The fourth-order valence-electron chi connectivity index (χ4n) is 4.71. The van der Waals surface area contributed by atoms with Crippen molar-refractivity contribution in [1.29, 1.82) is 0 Å². The van der Waals surface area contributed by atoms with E-state index in [4.69, 9.17) is 9.26 Å². The van der Waals surface area contributed by atoms with Gasteiger partial charge in [0.25, 0.3) is 5.89 Å². The van der Waals surface area contributed by atoms with Gasteiger partial charge in [0.2, 0.25) is 5.82 Å². The maximum atomic E-state index is 12.1. The first-order valence-corrected chi connectivity index (χ1v) is 12.0. The highest BCUT2D eigenvalue weighted by molar-refractivity contribution is 5.99. The van der Waals surface area contributed by atoms with Gasteiger partial charge in [0.15, 0.2) is 5.41 Å². The molecule has 0 bridgehead atoms. The zero-order chi connectivity index (χ0) is 24.4. The van der Waals surface area contributed by atoms with Gasteiger partial charge in [-0.25, -0.2) is 0 Å². The molecule has 1 aliphatic heterocycles. The van der Waals surface area contributed by atoms with E-state index in [1.165, 1.54) is 25.5 Å². The van der Waals surface area contributed by atoms with Crippen molar-refractivity contribution in [2.24, 2.45) is 11.3 Å². The minimum atomic E-state index is -1.44. The largest absolute Gasteiger partial charge is 0.480 e. The Morgan fingerprint density at radius 3 is 2.26 bits per heavy atom. The lowest BCUT2D eigenvalue weighted by molar-refractivity contribution is -0.170. The second kappa shape index (κ2) is 9.62. The number of nitrogens with zero attached hydrogens (tertiary/aromatic N) is 3. The average Bonchev–Trinajstić information content (AvgIpc) is 3.56. The van der Waals surface area contributed by atoms with E-state index in [-0.39, 0.29) is 12.8 Å². The van der Waals surface area contributed by atoms with Gasteiger partial charge in [-0.3, -0.25) is 14.5 Å². The number of hydrogen-bond acceptors (Lipinski definition) is 7. The molecule has 1 saturated carbocycles. The molecule has 0 spiro atoms. The summed E-state index contributed by atoms with van der Waals surface area (Å²) < 4.78 is 10.3. The van der Waals surface area contributed by atoms with Crippen LogP contribution in [0.1, 0.15) is 36.8 Å². The number of hydrogen-bond donors (Lipinski definition) is 1. The lowest BCUT2D eigenvalue weighted by atomic mass is 9.78. The molecule has 0 amide bonds. The topological polar surface area (TPSA) is 106 Å². The summed E-state index contributed by atoms with van der Waals surface area (Å²) in [6.45, 7) is 1.69. The molecule has 8 nitrogen and oxygen atoms in total. The van der Waals surface area contributed by atoms with E-state index in [9.17, 15) is 14.7 Å². The Kier molecular flexibility index (Phi) is 6.38. The van der Waals surface area contributed by atoms with Crippen LogP contribution in [0, 0.1) is 11.3 Å². The minimum absolute atomic E-state index is 0.236. The highest BCUT2D eigenvalue weighted by Crippen LogP contribution is 2.34. The molecule has 5 rings (SSSR count). The number of ether oxygens (including phenoxy) is 1. The number of carboxylic acids is 1. The monoisotopic (exact) mass is 475 g/mol. The normalized spacial score (nSPS) is 17.7. The molecule has 0 unspecified atom stereocenters. The summed E-state index contributed by atoms with van der Waals surface area (Å²) in [5.41, 5.74) is 2.77. The molecule has 3 aromatic rings. The third-order valence-corrected chi connectivity index (χ3v) is 7.16. The fraction of sp³-hybridized carbons (Fsp3) is 0.407. The van der Waals surface area contributed by atoms with Crippen molar-refractivity contribution in [3.8, 4) is 22.8 Å². The molecule has 1 aliphatic carbocycles. The number of aliphatic carboxylic acids is 1. The standard InChI is InChI=1S/C27H29N3O5/c1-34-26(33)27(25(31)32)12-14-30(15-13-27)17-20-6-8-21(9-7-20)23-28-24(35-29-23)22-10-4-19(5-11-22)16-18-2-3-18/h4-11,18H,2-3,12-17H2,1H3,(H,31,32). The Labute approximate surface area is 203 Å². The lowest BCUT2D eigenvalue weighted by Crippen LogP contribution is -2.49. The summed E-state index contributed by atoms with van der Waals surface area (Å²) in [5, 5.41) is 13.7. The maximum absolute atomic E-state index is 12.1. The third-order valence-electron chi connectivity index (χ3n) is 7.16. The van der Waals surface area contributed by atoms with Gasteiger partial charge in [-0.1, -0.05) is 41.6 Å². The third kappa shape index (κ3) is 4.98. The molecule has 1 N–H and O–H groups in total. The van der Waals surface area contributed by atoms with Crippen molar-refractivity contribution in [1.82, 2.24) is 15.0 Å². The number of carbonyl (C=O) groups excluding carboxylic acids is 1. The van der Waals surface area contributed by atoms with Gasteiger partial charge in [0.1, 0.15) is 0 Å². The molecule has 2 aromatic carbocycles. The van der Waals surface area contributed by atoms with E-state index >= 15 is 0 Å². The summed E-state index contributed by atoms with van der Waals surface area (Å²) >= 11 is 0. The molecule has 8 heteroatoms. The Hall–Kier alpha value is -3.52. The highest BCUT2D eigenvalue weighted by Gasteiger charge is 2.49. The second-order valence-electron chi connectivity index (χ2n) is 9.62. The van der Waals surface area contributed by atoms with E-state index in [1.54, 1.807) is 0 Å². The van der Waals surface area contributed by atoms with Crippen LogP contribution in [0.2, 0.25) is 0 Å². The number of piperidine rings is 1. The number of benzene rings is 2. The fourth-order valence-corrected chi connectivity index (χ4v) is 4.71. The van der Waals surface area contributed by atoms with E-state index < -0.39 is 17.4 Å². The van der Waals surface area contributed by atoms with Crippen molar-refractivity contribution in [3.05, 3.63) is 59.7 Å². The lowest BCUT2D eigenvalue weighted by Gasteiger charge is -2.36. The molecule has 35 heavy (non-hydrogen) atoms. The molecular formula is C27H29N3O5.